The highest BCUT2D eigenvalue weighted by atomic mass is 16.2. The lowest BCUT2D eigenvalue weighted by Gasteiger charge is -2.34. The standard InChI is InChI=1S/C14H16N6O/c1-11-15-6-3-12(18-11)13(21)19-7-9-20(10-8-19)14-16-4-2-5-17-14/h2-6H,7-10H2,1H3. The van der Waals surface area contributed by atoms with E-state index in [4.69, 9.17) is 0 Å². The summed E-state index contributed by atoms with van der Waals surface area (Å²) in [6.07, 6.45) is 5.07. The molecule has 1 fully saturated rings. The van der Waals surface area contributed by atoms with Gasteiger partial charge in [-0.15, -0.1) is 0 Å². The predicted octanol–water partition coefficient (Wildman–Crippen LogP) is 0.537. The van der Waals surface area contributed by atoms with Crippen molar-refractivity contribution >= 4 is 11.9 Å². The van der Waals surface area contributed by atoms with Crippen molar-refractivity contribution in [3.63, 3.8) is 0 Å². The van der Waals surface area contributed by atoms with Crippen molar-refractivity contribution in [1.29, 1.82) is 0 Å². The van der Waals surface area contributed by atoms with Crippen LogP contribution < -0.4 is 4.90 Å². The Morgan fingerprint density at radius 3 is 2.43 bits per heavy atom. The Bertz CT molecular complexity index is 624. The molecule has 1 saturated heterocycles. The summed E-state index contributed by atoms with van der Waals surface area (Å²) in [6.45, 7) is 4.50. The van der Waals surface area contributed by atoms with Crippen molar-refractivity contribution in [2.75, 3.05) is 31.1 Å². The molecule has 1 amide bonds. The maximum atomic E-state index is 12.4. The second kappa shape index (κ2) is 5.82. The fourth-order valence-electron chi connectivity index (χ4n) is 2.30. The SMILES string of the molecule is Cc1nccc(C(=O)N2CCN(c3ncccn3)CC2)n1. The van der Waals surface area contributed by atoms with E-state index in [1.54, 1.807) is 42.5 Å². The third-order valence-electron chi connectivity index (χ3n) is 3.40. The highest BCUT2D eigenvalue weighted by Crippen LogP contribution is 2.11. The molecule has 7 heteroatoms. The average Bonchev–Trinajstić information content (AvgIpc) is 2.55. The van der Waals surface area contributed by atoms with Crippen LogP contribution in [0, 0.1) is 6.92 Å². The molecule has 0 atom stereocenters. The van der Waals surface area contributed by atoms with Gasteiger partial charge < -0.3 is 9.80 Å². The molecule has 0 radical (unpaired) electrons. The second-order valence-electron chi connectivity index (χ2n) is 4.82. The van der Waals surface area contributed by atoms with E-state index in [1.165, 1.54) is 0 Å². The van der Waals surface area contributed by atoms with E-state index < -0.39 is 0 Å². The zero-order valence-electron chi connectivity index (χ0n) is 11.8. The Morgan fingerprint density at radius 2 is 1.76 bits per heavy atom. The zero-order valence-corrected chi connectivity index (χ0v) is 11.8. The number of hydrogen-bond acceptors (Lipinski definition) is 6. The monoisotopic (exact) mass is 284 g/mol. The minimum Gasteiger partial charge on any atom is -0.337 e. The van der Waals surface area contributed by atoms with Crippen molar-refractivity contribution in [3.8, 4) is 0 Å². The first kappa shape index (κ1) is 13.4. The zero-order chi connectivity index (χ0) is 14.7. The van der Waals surface area contributed by atoms with Gasteiger partial charge in [0.2, 0.25) is 5.95 Å². The molecule has 7 nitrogen and oxygen atoms in total. The van der Waals surface area contributed by atoms with Crippen LogP contribution in [0.25, 0.3) is 0 Å². The van der Waals surface area contributed by atoms with E-state index in [0.717, 1.165) is 13.1 Å². The van der Waals surface area contributed by atoms with Gasteiger partial charge in [-0.25, -0.2) is 19.9 Å². The molecule has 3 rings (SSSR count). The fourth-order valence-corrected chi connectivity index (χ4v) is 2.30. The van der Waals surface area contributed by atoms with Gasteiger partial charge in [0.25, 0.3) is 5.91 Å². The van der Waals surface area contributed by atoms with Crippen LogP contribution in [-0.2, 0) is 0 Å². The van der Waals surface area contributed by atoms with E-state index >= 15 is 0 Å². The number of amides is 1. The molecule has 0 aromatic carbocycles. The molecule has 2 aromatic heterocycles. The molecule has 0 spiro atoms. The summed E-state index contributed by atoms with van der Waals surface area (Å²) in [5, 5.41) is 0. The Hall–Kier alpha value is -2.57. The first-order chi connectivity index (χ1) is 10.2. The molecule has 0 unspecified atom stereocenters. The van der Waals surface area contributed by atoms with Gasteiger partial charge in [0.15, 0.2) is 0 Å². The molecule has 0 N–H and O–H groups in total. The van der Waals surface area contributed by atoms with Gasteiger partial charge in [-0.3, -0.25) is 4.79 Å². The van der Waals surface area contributed by atoms with Crippen LogP contribution in [0.1, 0.15) is 16.3 Å². The Labute approximate surface area is 122 Å². The maximum Gasteiger partial charge on any atom is 0.272 e. The molecule has 1 aliphatic rings. The topological polar surface area (TPSA) is 75.1 Å². The third kappa shape index (κ3) is 2.96. The van der Waals surface area contributed by atoms with Crippen LogP contribution in [0.4, 0.5) is 5.95 Å². The van der Waals surface area contributed by atoms with Crippen LogP contribution in [0.5, 0.6) is 0 Å². The van der Waals surface area contributed by atoms with Gasteiger partial charge in [-0.1, -0.05) is 0 Å². The smallest absolute Gasteiger partial charge is 0.272 e. The predicted molar refractivity (Wildman–Crippen MR) is 76.9 cm³/mol. The summed E-state index contributed by atoms with van der Waals surface area (Å²) in [5.74, 6) is 1.27. The van der Waals surface area contributed by atoms with Crippen molar-refractivity contribution in [1.82, 2.24) is 24.8 Å². The number of aryl methyl sites for hydroxylation is 1. The number of nitrogens with zero attached hydrogens (tertiary/aromatic N) is 6. The van der Waals surface area contributed by atoms with E-state index in [1.807, 2.05) is 0 Å². The van der Waals surface area contributed by atoms with Gasteiger partial charge in [0.05, 0.1) is 0 Å². The maximum absolute atomic E-state index is 12.4. The number of piperazine rings is 1. The van der Waals surface area contributed by atoms with Crippen molar-refractivity contribution in [2.45, 2.75) is 6.92 Å². The molecule has 1 aliphatic heterocycles. The van der Waals surface area contributed by atoms with Crippen LogP contribution in [-0.4, -0.2) is 56.9 Å². The molecule has 3 heterocycles. The average molecular weight is 284 g/mol. The summed E-state index contributed by atoms with van der Waals surface area (Å²) in [5.41, 5.74) is 0.451. The molecular weight excluding hydrogens is 268 g/mol. The Morgan fingerprint density at radius 1 is 1.05 bits per heavy atom. The molecule has 21 heavy (non-hydrogen) atoms. The van der Waals surface area contributed by atoms with Gasteiger partial charge >= 0.3 is 0 Å². The lowest BCUT2D eigenvalue weighted by molar-refractivity contribution is 0.0740. The molecule has 0 saturated carbocycles. The van der Waals surface area contributed by atoms with Crippen molar-refractivity contribution in [3.05, 3.63) is 42.2 Å². The summed E-state index contributed by atoms with van der Waals surface area (Å²) in [6, 6.07) is 3.45. The highest BCUT2D eigenvalue weighted by molar-refractivity contribution is 5.92. The first-order valence-corrected chi connectivity index (χ1v) is 6.85. The van der Waals surface area contributed by atoms with Crippen molar-refractivity contribution < 1.29 is 4.79 Å². The largest absolute Gasteiger partial charge is 0.337 e. The minimum atomic E-state index is -0.0471. The van der Waals surface area contributed by atoms with E-state index in [0.29, 0.717) is 30.6 Å². The molecule has 2 aromatic rings. The van der Waals surface area contributed by atoms with Crippen LogP contribution in [0.2, 0.25) is 0 Å². The summed E-state index contributed by atoms with van der Waals surface area (Å²) < 4.78 is 0. The first-order valence-electron chi connectivity index (χ1n) is 6.85. The van der Waals surface area contributed by atoms with Gasteiger partial charge in [-0.05, 0) is 19.1 Å². The van der Waals surface area contributed by atoms with E-state index in [9.17, 15) is 4.79 Å². The second-order valence-corrected chi connectivity index (χ2v) is 4.82. The quantitative estimate of drug-likeness (QED) is 0.801. The number of carbonyl (C=O) groups is 1. The van der Waals surface area contributed by atoms with Crippen LogP contribution in [0.3, 0.4) is 0 Å². The van der Waals surface area contributed by atoms with Gasteiger partial charge in [0.1, 0.15) is 11.5 Å². The third-order valence-corrected chi connectivity index (χ3v) is 3.40. The van der Waals surface area contributed by atoms with Crippen LogP contribution >= 0.6 is 0 Å². The molecule has 108 valence electrons. The molecular formula is C14H16N6O. The number of rotatable bonds is 2. The van der Waals surface area contributed by atoms with Crippen molar-refractivity contribution in [2.24, 2.45) is 0 Å². The Balaban J connectivity index is 1.64. The van der Waals surface area contributed by atoms with E-state index in [-0.39, 0.29) is 5.91 Å². The summed E-state index contributed by atoms with van der Waals surface area (Å²) >= 11 is 0. The van der Waals surface area contributed by atoms with Gasteiger partial charge in [0, 0.05) is 44.8 Å². The number of hydrogen-bond donors (Lipinski definition) is 0. The molecule has 0 aliphatic carbocycles. The summed E-state index contributed by atoms with van der Waals surface area (Å²) in [7, 11) is 0. The highest BCUT2D eigenvalue weighted by Gasteiger charge is 2.24. The lowest BCUT2D eigenvalue weighted by atomic mass is 10.2. The summed E-state index contributed by atoms with van der Waals surface area (Å²) in [4.78, 5) is 32.9. The Kier molecular flexibility index (Phi) is 3.72. The normalized spacial score (nSPS) is 15.1. The molecule has 0 bridgehead atoms. The van der Waals surface area contributed by atoms with Crippen LogP contribution in [0.15, 0.2) is 30.7 Å². The van der Waals surface area contributed by atoms with E-state index in [2.05, 4.69) is 24.8 Å². The number of carbonyl (C=O) groups excluding carboxylic acids is 1. The van der Waals surface area contributed by atoms with Gasteiger partial charge in [-0.2, -0.15) is 0 Å². The minimum absolute atomic E-state index is 0.0471. The fraction of sp³-hybridized carbons (Fsp3) is 0.357. The number of anilines is 1. The number of aromatic nitrogens is 4. The lowest BCUT2D eigenvalue weighted by Crippen LogP contribution is -2.49.